The lowest BCUT2D eigenvalue weighted by atomic mass is 9.87. The molecule has 5 nitrogen and oxygen atoms in total. The first-order chi connectivity index (χ1) is 11.3. The van der Waals surface area contributed by atoms with Crippen LogP contribution < -0.4 is 10.6 Å². The molecule has 2 rings (SSSR count). The van der Waals surface area contributed by atoms with Crippen molar-refractivity contribution in [1.29, 1.82) is 0 Å². The lowest BCUT2D eigenvalue weighted by Crippen LogP contribution is -2.16. The molecule has 0 unspecified atom stereocenters. The number of carbonyl (C=O) groups excluding carboxylic acids is 1. The molecule has 0 radical (unpaired) electrons. The van der Waals surface area contributed by atoms with Crippen LogP contribution in [0.5, 0.6) is 0 Å². The second-order valence-corrected chi connectivity index (χ2v) is 7.34. The molecule has 0 atom stereocenters. The van der Waals surface area contributed by atoms with E-state index in [1.165, 1.54) is 11.8 Å². The first-order valence-electron chi connectivity index (χ1n) is 8.23. The average molecular weight is 326 g/mol. The highest BCUT2D eigenvalue weighted by atomic mass is 16.1. The summed E-state index contributed by atoms with van der Waals surface area (Å²) in [6.07, 6.45) is 3.07. The molecule has 1 aromatic carbocycles. The Bertz CT molecular complexity index is 670. The third-order valence-corrected chi connectivity index (χ3v) is 3.58. The second-order valence-electron chi connectivity index (χ2n) is 7.34. The average Bonchev–Trinajstić information content (AvgIpc) is 2.53. The van der Waals surface area contributed by atoms with Gasteiger partial charge in [-0.15, -0.1) is 0 Å². The van der Waals surface area contributed by atoms with Crippen LogP contribution >= 0.6 is 0 Å². The quantitative estimate of drug-likeness (QED) is 0.868. The number of hydrogen-bond donors (Lipinski definition) is 2. The molecule has 0 spiro atoms. The third kappa shape index (κ3) is 5.05. The standard InChI is InChI=1S/C19H26N4O/c1-13(2)10-21-17-12-20-16(11-22-17)18(24)23-15-8-6-14(7-9-15)19(3,4)5/h6-9,11-13H,10H2,1-5H3,(H,21,22)(H,23,24). The molecule has 0 aliphatic carbocycles. The van der Waals surface area contributed by atoms with Crippen LogP contribution in [0.2, 0.25) is 0 Å². The summed E-state index contributed by atoms with van der Waals surface area (Å²) in [7, 11) is 0. The first kappa shape index (κ1) is 17.9. The number of anilines is 2. The van der Waals surface area contributed by atoms with Crippen molar-refractivity contribution in [3.05, 3.63) is 47.9 Å². The van der Waals surface area contributed by atoms with Gasteiger partial charge in [0.2, 0.25) is 0 Å². The van der Waals surface area contributed by atoms with E-state index in [4.69, 9.17) is 0 Å². The van der Waals surface area contributed by atoms with Gasteiger partial charge in [0.25, 0.3) is 5.91 Å². The SMILES string of the molecule is CC(C)CNc1cnc(C(=O)Nc2ccc(C(C)(C)C)cc2)cn1. The van der Waals surface area contributed by atoms with Crippen molar-refractivity contribution >= 4 is 17.4 Å². The van der Waals surface area contributed by atoms with Crippen molar-refractivity contribution in [2.75, 3.05) is 17.2 Å². The Morgan fingerprint density at radius 2 is 1.75 bits per heavy atom. The maximum Gasteiger partial charge on any atom is 0.275 e. The number of amides is 1. The zero-order valence-corrected chi connectivity index (χ0v) is 15.1. The van der Waals surface area contributed by atoms with Gasteiger partial charge in [-0.3, -0.25) is 4.79 Å². The molecule has 5 heteroatoms. The van der Waals surface area contributed by atoms with E-state index in [0.29, 0.717) is 17.4 Å². The van der Waals surface area contributed by atoms with Crippen molar-refractivity contribution in [3.8, 4) is 0 Å². The maximum absolute atomic E-state index is 12.2. The summed E-state index contributed by atoms with van der Waals surface area (Å²) < 4.78 is 0. The fraction of sp³-hybridized carbons (Fsp3) is 0.421. The molecule has 1 aromatic heterocycles. The summed E-state index contributed by atoms with van der Waals surface area (Å²) in [6.45, 7) is 11.5. The van der Waals surface area contributed by atoms with Gasteiger partial charge in [0.15, 0.2) is 0 Å². The van der Waals surface area contributed by atoms with Gasteiger partial charge in [-0.2, -0.15) is 0 Å². The van der Waals surface area contributed by atoms with Crippen LogP contribution in [0.4, 0.5) is 11.5 Å². The van der Waals surface area contributed by atoms with Gasteiger partial charge >= 0.3 is 0 Å². The van der Waals surface area contributed by atoms with Crippen LogP contribution in [0.1, 0.15) is 50.7 Å². The summed E-state index contributed by atoms with van der Waals surface area (Å²) in [5.41, 5.74) is 2.36. The number of benzene rings is 1. The highest BCUT2D eigenvalue weighted by Gasteiger charge is 2.14. The van der Waals surface area contributed by atoms with E-state index in [-0.39, 0.29) is 11.3 Å². The normalized spacial score (nSPS) is 11.4. The van der Waals surface area contributed by atoms with Crippen LogP contribution in [-0.2, 0) is 5.41 Å². The summed E-state index contributed by atoms with van der Waals surface area (Å²) >= 11 is 0. The number of hydrogen-bond acceptors (Lipinski definition) is 4. The molecule has 0 saturated heterocycles. The molecule has 0 aliphatic heterocycles. The minimum absolute atomic E-state index is 0.0901. The van der Waals surface area contributed by atoms with E-state index in [0.717, 1.165) is 12.2 Å². The number of rotatable bonds is 5. The van der Waals surface area contributed by atoms with Gasteiger partial charge in [-0.25, -0.2) is 9.97 Å². The maximum atomic E-state index is 12.2. The van der Waals surface area contributed by atoms with E-state index in [1.807, 2.05) is 24.3 Å². The van der Waals surface area contributed by atoms with Gasteiger partial charge in [-0.1, -0.05) is 46.8 Å². The molecule has 0 aliphatic rings. The predicted molar refractivity (Wildman–Crippen MR) is 98.5 cm³/mol. The van der Waals surface area contributed by atoms with Crippen molar-refractivity contribution in [1.82, 2.24) is 9.97 Å². The number of carbonyl (C=O) groups is 1. The Morgan fingerprint density at radius 1 is 1.08 bits per heavy atom. The Kier molecular flexibility index (Phi) is 5.54. The summed E-state index contributed by atoms with van der Waals surface area (Å²) in [4.78, 5) is 20.6. The minimum Gasteiger partial charge on any atom is -0.369 e. The highest BCUT2D eigenvalue weighted by Crippen LogP contribution is 2.23. The van der Waals surface area contributed by atoms with Crippen molar-refractivity contribution in [2.24, 2.45) is 5.92 Å². The van der Waals surface area contributed by atoms with Crippen LogP contribution in [0, 0.1) is 5.92 Å². The molecular formula is C19H26N4O. The molecule has 2 N–H and O–H groups in total. The highest BCUT2D eigenvalue weighted by molar-refractivity contribution is 6.02. The molecule has 128 valence electrons. The topological polar surface area (TPSA) is 66.9 Å². The molecule has 0 bridgehead atoms. The zero-order chi connectivity index (χ0) is 17.7. The van der Waals surface area contributed by atoms with E-state index in [2.05, 4.69) is 55.2 Å². The Balaban J connectivity index is 1.99. The van der Waals surface area contributed by atoms with Crippen LogP contribution in [-0.4, -0.2) is 22.4 Å². The Hall–Kier alpha value is -2.43. The van der Waals surface area contributed by atoms with Gasteiger partial charge in [0.1, 0.15) is 11.5 Å². The van der Waals surface area contributed by atoms with Gasteiger partial charge in [-0.05, 0) is 29.0 Å². The van der Waals surface area contributed by atoms with E-state index in [9.17, 15) is 4.79 Å². The van der Waals surface area contributed by atoms with Gasteiger partial charge in [0, 0.05) is 12.2 Å². The van der Waals surface area contributed by atoms with Crippen molar-refractivity contribution in [3.63, 3.8) is 0 Å². The number of nitrogens with one attached hydrogen (secondary N) is 2. The largest absolute Gasteiger partial charge is 0.369 e. The zero-order valence-electron chi connectivity index (χ0n) is 15.1. The molecule has 1 amide bonds. The first-order valence-corrected chi connectivity index (χ1v) is 8.23. The minimum atomic E-state index is -0.263. The second kappa shape index (κ2) is 7.43. The van der Waals surface area contributed by atoms with Crippen LogP contribution in [0.15, 0.2) is 36.7 Å². The number of nitrogens with zero attached hydrogens (tertiary/aromatic N) is 2. The fourth-order valence-corrected chi connectivity index (χ4v) is 2.09. The van der Waals surface area contributed by atoms with E-state index in [1.54, 1.807) is 6.20 Å². The summed E-state index contributed by atoms with van der Waals surface area (Å²) in [5, 5.41) is 6.02. The van der Waals surface area contributed by atoms with Gasteiger partial charge < -0.3 is 10.6 Å². The summed E-state index contributed by atoms with van der Waals surface area (Å²) in [6, 6.07) is 7.87. The molecule has 24 heavy (non-hydrogen) atoms. The van der Waals surface area contributed by atoms with E-state index >= 15 is 0 Å². The van der Waals surface area contributed by atoms with Gasteiger partial charge in [0.05, 0.1) is 12.4 Å². The van der Waals surface area contributed by atoms with Crippen molar-refractivity contribution < 1.29 is 4.79 Å². The summed E-state index contributed by atoms with van der Waals surface area (Å²) in [5.74, 6) is 0.932. The monoisotopic (exact) mass is 326 g/mol. The smallest absolute Gasteiger partial charge is 0.275 e. The lowest BCUT2D eigenvalue weighted by molar-refractivity contribution is 0.102. The fourth-order valence-electron chi connectivity index (χ4n) is 2.09. The molecule has 1 heterocycles. The van der Waals surface area contributed by atoms with Crippen molar-refractivity contribution in [2.45, 2.75) is 40.0 Å². The van der Waals surface area contributed by atoms with E-state index < -0.39 is 0 Å². The Morgan fingerprint density at radius 3 is 2.25 bits per heavy atom. The molecular weight excluding hydrogens is 300 g/mol. The lowest BCUT2D eigenvalue weighted by Gasteiger charge is -2.19. The Labute approximate surface area is 143 Å². The van der Waals surface area contributed by atoms with Crippen LogP contribution in [0.3, 0.4) is 0 Å². The predicted octanol–water partition coefficient (Wildman–Crippen LogP) is 4.09. The third-order valence-electron chi connectivity index (χ3n) is 3.58. The van der Waals surface area contributed by atoms with Crippen LogP contribution in [0.25, 0.3) is 0 Å². The molecule has 0 fully saturated rings. The molecule has 0 saturated carbocycles. The molecule has 2 aromatic rings. The number of aromatic nitrogens is 2.